The Bertz CT molecular complexity index is 931. The Balaban J connectivity index is 1.57. The largest absolute Gasteiger partial charge is 0.497 e. The van der Waals surface area contributed by atoms with E-state index in [2.05, 4.69) is 39.8 Å². The highest BCUT2D eigenvalue weighted by molar-refractivity contribution is 5.98. The van der Waals surface area contributed by atoms with Crippen molar-refractivity contribution in [3.05, 3.63) is 59.2 Å². The van der Waals surface area contributed by atoms with E-state index in [1.807, 2.05) is 13.8 Å². The molecule has 2 amide bonds. The minimum atomic E-state index is -0.664. The first-order chi connectivity index (χ1) is 16.4. The number of rotatable bonds is 10. The van der Waals surface area contributed by atoms with Crippen molar-refractivity contribution >= 4 is 11.8 Å². The maximum absolute atomic E-state index is 12.9. The summed E-state index contributed by atoms with van der Waals surface area (Å²) < 4.78 is 10.5. The highest BCUT2D eigenvalue weighted by Gasteiger charge is 2.25. The average Bonchev–Trinajstić information content (AvgIpc) is 2.86. The Labute approximate surface area is 202 Å². The fourth-order valence-corrected chi connectivity index (χ4v) is 4.14. The Kier molecular flexibility index (Phi) is 9.33. The van der Waals surface area contributed by atoms with Gasteiger partial charge in [-0.05, 0) is 55.1 Å². The SMILES string of the molecule is COc1cc(OC)cc(C(=O)N[C@H](C(=O)NCc2ccc(CN3CCCCC3)cc2)C(C)C)c1. The van der Waals surface area contributed by atoms with E-state index in [-0.39, 0.29) is 17.7 Å². The van der Waals surface area contributed by atoms with Gasteiger partial charge in [0.05, 0.1) is 14.2 Å². The summed E-state index contributed by atoms with van der Waals surface area (Å²) in [5.41, 5.74) is 2.69. The first-order valence-corrected chi connectivity index (χ1v) is 12.0. The number of carbonyl (C=O) groups is 2. The molecular formula is C27H37N3O4. The van der Waals surface area contributed by atoms with Crippen molar-refractivity contribution in [1.82, 2.24) is 15.5 Å². The van der Waals surface area contributed by atoms with E-state index < -0.39 is 6.04 Å². The van der Waals surface area contributed by atoms with Crippen LogP contribution in [0.4, 0.5) is 0 Å². The molecule has 1 aliphatic heterocycles. The fourth-order valence-electron chi connectivity index (χ4n) is 4.14. The lowest BCUT2D eigenvalue weighted by atomic mass is 10.0. The topological polar surface area (TPSA) is 79.9 Å². The van der Waals surface area contributed by atoms with Crippen LogP contribution in [-0.4, -0.2) is 50.1 Å². The summed E-state index contributed by atoms with van der Waals surface area (Å²) in [6.45, 7) is 7.54. The number of methoxy groups -OCH3 is 2. The van der Waals surface area contributed by atoms with Gasteiger partial charge in [-0.15, -0.1) is 0 Å². The van der Waals surface area contributed by atoms with E-state index in [0.29, 0.717) is 23.6 Å². The van der Waals surface area contributed by atoms with Gasteiger partial charge in [0.2, 0.25) is 5.91 Å². The average molecular weight is 468 g/mol. The number of amides is 2. The summed E-state index contributed by atoms with van der Waals surface area (Å²) in [6.07, 6.45) is 3.90. The predicted octanol–water partition coefficient (Wildman–Crippen LogP) is 3.76. The lowest BCUT2D eigenvalue weighted by Gasteiger charge is -2.26. The molecule has 3 rings (SSSR count). The summed E-state index contributed by atoms with van der Waals surface area (Å²) in [5.74, 6) is 0.379. The molecule has 2 aromatic rings. The molecule has 2 N–H and O–H groups in total. The first-order valence-electron chi connectivity index (χ1n) is 12.0. The molecule has 0 saturated carbocycles. The molecule has 0 spiro atoms. The summed E-state index contributed by atoms with van der Waals surface area (Å²) in [7, 11) is 3.06. The Morgan fingerprint density at radius 2 is 1.50 bits per heavy atom. The lowest BCUT2D eigenvalue weighted by molar-refractivity contribution is -0.124. The third kappa shape index (κ3) is 7.22. The molecule has 184 valence electrons. The number of hydrogen-bond donors (Lipinski definition) is 2. The van der Waals surface area contributed by atoms with Crippen LogP contribution in [0.5, 0.6) is 11.5 Å². The molecular weight excluding hydrogens is 430 g/mol. The van der Waals surface area contributed by atoms with Crippen LogP contribution in [-0.2, 0) is 17.9 Å². The van der Waals surface area contributed by atoms with Crippen LogP contribution in [0.1, 0.15) is 54.6 Å². The van der Waals surface area contributed by atoms with Crippen LogP contribution in [0.2, 0.25) is 0 Å². The van der Waals surface area contributed by atoms with Crippen molar-refractivity contribution in [3.8, 4) is 11.5 Å². The van der Waals surface area contributed by atoms with E-state index in [0.717, 1.165) is 12.1 Å². The minimum Gasteiger partial charge on any atom is -0.497 e. The molecule has 0 bridgehead atoms. The summed E-state index contributed by atoms with van der Waals surface area (Å²) in [6, 6.07) is 12.7. The Hall–Kier alpha value is -3.06. The molecule has 0 radical (unpaired) electrons. The van der Waals surface area contributed by atoms with Crippen LogP contribution < -0.4 is 20.1 Å². The van der Waals surface area contributed by atoms with Gasteiger partial charge in [0, 0.05) is 24.7 Å². The summed E-state index contributed by atoms with van der Waals surface area (Å²) in [4.78, 5) is 28.3. The fraction of sp³-hybridized carbons (Fsp3) is 0.481. The summed E-state index contributed by atoms with van der Waals surface area (Å²) >= 11 is 0. The van der Waals surface area contributed by atoms with Gasteiger partial charge in [0.15, 0.2) is 0 Å². The van der Waals surface area contributed by atoms with Gasteiger partial charge in [0.1, 0.15) is 17.5 Å². The van der Waals surface area contributed by atoms with Crippen molar-refractivity contribution < 1.29 is 19.1 Å². The van der Waals surface area contributed by atoms with Crippen LogP contribution >= 0.6 is 0 Å². The molecule has 1 saturated heterocycles. The monoisotopic (exact) mass is 467 g/mol. The van der Waals surface area contributed by atoms with Gasteiger partial charge in [-0.3, -0.25) is 14.5 Å². The van der Waals surface area contributed by atoms with E-state index in [1.165, 1.54) is 52.1 Å². The number of likely N-dealkylation sites (tertiary alicyclic amines) is 1. The zero-order valence-corrected chi connectivity index (χ0v) is 20.7. The van der Waals surface area contributed by atoms with Gasteiger partial charge in [-0.1, -0.05) is 44.5 Å². The second-order valence-corrected chi connectivity index (χ2v) is 9.17. The van der Waals surface area contributed by atoms with Crippen molar-refractivity contribution in [1.29, 1.82) is 0 Å². The van der Waals surface area contributed by atoms with Crippen LogP contribution in [0.3, 0.4) is 0 Å². The quantitative estimate of drug-likeness (QED) is 0.556. The Morgan fingerprint density at radius 1 is 0.912 bits per heavy atom. The molecule has 1 fully saturated rings. The van der Waals surface area contributed by atoms with Gasteiger partial charge in [-0.25, -0.2) is 0 Å². The molecule has 1 aliphatic rings. The number of benzene rings is 2. The highest BCUT2D eigenvalue weighted by atomic mass is 16.5. The van der Waals surface area contributed by atoms with Gasteiger partial charge in [0.25, 0.3) is 5.91 Å². The van der Waals surface area contributed by atoms with Gasteiger partial charge < -0.3 is 20.1 Å². The standard InChI is InChI=1S/C27H37N3O4/c1-19(2)25(29-26(31)22-14-23(33-3)16-24(15-22)34-4)27(32)28-17-20-8-10-21(11-9-20)18-30-12-6-5-7-13-30/h8-11,14-16,19,25H,5-7,12-13,17-18H2,1-4H3,(H,28,32)(H,29,31)/t25-/m0/s1. The summed E-state index contributed by atoms with van der Waals surface area (Å²) in [5, 5.41) is 5.83. The third-order valence-corrected chi connectivity index (χ3v) is 6.19. The van der Waals surface area contributed by atoms with E-state index in [1.54, 1.807) is 18.2 Å². The number of piperidine rings is 1. The van der Waals surface area contributed by atoms with Crippen molar-refractivity contribution in [2.24, 2.45) is 5.92 Å². The smallest absolute Gasteiger partial charge is 0.252 e. The molecule has 0 aromatic heterocycles. The maximum atomic E-state index is 12.9. The van der Waals surface area contributed by atoms with Crippen LogP contribution in [0.25, 0.3) is 0 Å². The highest BCUT2D eigenvalue weighted by Crippen LogP contribution is 2.22. The first kappa shape index (κ1) is 25.6. The number of hydrogen-bond acceptors (Lipinski definition) is 5. The second kappa shape index (κ2) is 12.4. The molecule has 0 unspecified atom stereocenters. The molecule has 0 aliphatic carbocycles. The van der Waals surface area contributed by atoms with E-state index in [4.69, 9.17) is 9.47 Å². The molecule has 1 atom stereocenters. The number of nitrogens with one attached hydrogen (secondary N) is 2. The minimum absolute atomic E-state index is 0.0802. The number of nitrogens with zero attached hydrogens (tertiary/aromatic N) is 1. The third-order valence-electron chi connectivity index (χ3n) is 6.19. The molecule has 7 nitrogen and oxygen atoms in total. The van der Waals surface area contributed by atoms with Crippen LogP contribution in [0.15, 0.2) is 42.5 Å². The van der Waals surface area contributed by atoms with Gasteiger partial charge in [-0.2, -0.15) is 0 Å². The molecule has 2 aromatic carbocycles. The van der Waals surface area contributed by atoms with Gasteiger partial charge >= 0.3 is 0 Å². The Morgan fingerprint density at radius 3 is 2.06 bits per heavy atom. The second-order valence-electron chi connectivity index (χ2n) is 9.17. The molecule has 1 heterocycles. The predicted molar refractivity (Wildman–Crippen MR) is 133 cm³/mol. The van der Waals surface area contributed by atoms with E-state index >= 15 is 0 Å². The van der Waals surface area contributed by atoms with E-state index in [9.17, 15) is 9.59 Å². The molecule has 7 heteroatoms. The number of ether oxygens (including phenoxy) is 2. The number of carbonyl (C=O) groups excluding carboxylic acids is 2. The van der Waals surface area contributed by atoms with Crippen molar-refractivity contribution in [2.45, 2.75) is 52.2 Å². The lowest BCUT2D eigenvalue weighted by Crippen LogP contribution is -2.49. The van der Waals surface area contributed by atoms with Crippen LogP contribution in [0, 0.1) is 5.92 Å². The maximum Gasteiger partial charge on any atom is 0.252 e. The molecule has 34 heavy (non-hydrogen) atoms. The zero-order chi connectivity index (χ0) is 24.5. The zero-order valence-electron chi connectivity index (χ0n) is 20.7. The van der Waals surface area contributed by atoms with Crippen molar-refractivity contribution in [3.63, 3.8) is 0 Å². The van der Waals surface area contributed by atoms with Crippen molar-refractivity contribution in [2.75, 3.05) is 27.3 Å². The normalized spacial score (nSPS) is 15.0.